The molecule has 252 valence electrons. The van der Waals surface area contributed by atoms with Crippen molar-refractivity contribution >= 4 is 23.6 Å². The predicted molar refractivity (Wildman–Crippen MR) is 175 cm³/mol. The molecule has 0 aromatic carbocycles. The number of likely N-dealkylation sites (tertiary alicyclic amines) is 2. The van der Waals surface area contributed by atoms with Crippen molar-refractivity contribution < 1.29 is 24.3 Å². The summed E-state index contributed by atoms with van der Waals surface area (Å²) in [5.74, 6) is -0.730. The Kier molecular flexibility index (Phi) is 13.9. The topological polar surface area (TPSA) is 122 Å². The van der Waals surface area contributed by atoms with E-state index in [-0.39, 0.29) is 60.2 Å². The molecule has 0 aromatic heterocycles. The third-order valence-electron chi connectivity index (χ3n) is 9.29. The Morgan fingerprint density at radius 1 is 0.886 bits per heavy atom. The number of nitrogens with zero attached hydrogens (tertiary/aromatic N) is 3. The Bertz CT molecular complexity index is 1030. The van der Waals surface area contributed by atoms with E-state index in [1.165, 1.54) is 0 Å². The quantitative estimate of drug-likeness (QED) is 0.288. The van der Waals surface area contributed by atoms with Gasteiger partial charge >= 0.3 is 0 Å². The lowest BCUT2D eigenvalue weighted by Crippen LogP contribution is -2.60. The van der Waals surface area contributed by atoms with Crippen LogP contribution in [0.2, 0.25) is 0 Å². The van der Waals surface area contributed by atoms with Gasteiger partial charge in [-0.15, -0.1) is 0 Å². The highest BCUT2D eigenvalue weighted by Gasteiger charge is 2.40. The zero-order valence-corrected chi connectivity index (χ0v) is 29.3. The van der Waals surface area contributed by atoms with Crippen LogP contribution in [0.3, 0.4) is 0 Å². The van der Waals surface area contributed by atoms with E-state index >= 15 is 0 Å². The molecule has 2 fully saturated rings. The maximum Gasteiger partial charge on any atom is 0.249 e. The van der Waals surface area contributed by atoms with E-state index in [1.807, 2.05) is 54.5 Å². The molecule has 5 atom stereocenters. The maximum absolute atomic E-state index is 14.1. The molecule has 2 heterocycles. The SMILES string of the molecule is C/C(=C\[C@H](C(C)C)N(C)C(=O)[C@@H](NC(=O)[C@H]1CCCCN1C(C)C)C(C)(C)C)C(=O)N1CCC[C@H]1C(=O)N[C@@H](CO)C(C)C. The molecular formula is C34H61N5O5. The first-order chi connectivity index (χ1) is 20.4. The largest absolute Gasteiger partial charge is 0.394 e. The lowest BCUT2D eigenvalue weighted by Gasteiger charge is -2.41. The van der Waals surface area contributed by atoms with Crippen LogP contribution >= 0.6 is 0 Å². The Labute approximate surface area is 266 Å². The first-order valence-electron chi connectivity index (χ1n) is 16.7. The number of amides is 4. The monoisotopic (exact) mass is 619 g/mol. The second-order valence-electron chi connectivity index (χ2n) is 14.9. The number of hydrogen-bond acceptors (Lipinski definition) is 6. The molecule has 4 amide bonds. The molecule has 2 aliphatic heterocycles. The van der Waals surface area contributed by atoms with Crippen LogP contribution < -0.4 is 10.6 Å². The molecule has 0 radical (unpaired) electrons. The van der Waals surface area contributed by atoms with E-state index in [0.29, 0.717) is 18.5 Å². The molecule has 2 saturated heterocycles. The van der Waals surface area contributed by atoms with Crippen molar-refractivity contribution in [1.82, 2.24) is 25.3 Å². The van der Waals surface area contributed by atoms with Gasteiger partial charge in [-0.2, -0.15) is 0 Å². The van der Waals surface area contributed by atoms with Crippen LogP contribution in [0, 0.1) is 17.3 Å². The molecule has 10 heteroatoms. The van der Waals surface area contributed by atoms with E-state index in [1.54, 1.807) is 23.8 Å². The molecule has 2 rings (SSSR count). The van der Waals surface area contributed by atoms with Crippen LogP contribution in [-0.4, -0.2) is 106 Å². The number of nitrogens with one attached hydrogen (secondary N) is 2. The zero-order valence-electron chi connectivity index (χ0n) is 29.3. The fraction of sp³-hybridized carbons (Fsp3) is 0.824. The maximum atomic E-state index is 14.1. The third kappa shape index (κ3) is 9.52. The van der Waals surface area contributed by atoms with Crippen LogP contribution in [0.5, 0.6) is 0 Å². The number of aliphatic hydroxyl groups is 1. The van der Waals surface area contributed by atoms with Gasteiger partial charge in [-0.3, -0.25) is 24.1 Å². The summed E-state index contributed by atoms with van der Waals surface area (Å²) in [6, 6.07) is -2.13. The average Bonchev–Trinajstić information content (AvgIpc) is 3.45. The average molecular weight is 620 g/mol. The first-order valence-corrected chi connectivity index (χ1v) is 16.7. The van der Waals surface area contributed by atoms with Crippen LogP contribution in [0.15, 0.2) is 11.6 Å². The number of carbonyl (C=O) groups excluding carboxylic acids is 4. The minimum absolute atomic E-state index is 0.00757. The highest BCUT2D eigenvalue weighted by atomic mass is 16.3. The number of aliphatic hydroxyl groups excluding tert-OH is 1. The van der Waals surface area contributed by atoms with Crippen molar-refractivity contribution in [3.8, 4) is 0 Å². The summed E-state index contributed by atoms with van der Waals surface area (Å²) in [7, 11) is 1.74. The van der Waals surface area contributed by atoms with Crippen LogP contribution in [0.4, 0.5) is 0 Å². The van der Waals surface area contributed by atoms with Crippen molar-refractivity contribution in [3.05, 3.63) is 11.6 Å². The molecule has 0 spiro atoms. The minimum Gasteiger partial charge on any atom is -0.394 e. The second kappa shape index (κ2) is 16.2. The van der Waals surface area contributed by atoms with Gasteiger partial charge in [0.1, 0.15) is 12.1 Å². The van der Waals surface area contributed by atoms with E-state index in [2.05, 4.69) is 29.4 Å². The molecule has 0 saturated carbocycles. The number of likely N-dealkylation sites (N-methyl/N-ethyl adjacent to an activating group) is 1. The number of carbonyl (C=O) groups is 4. The second-order valence-corrected chi connectivity index (χ2v) is 14.9. The molecule has 10 nitrogen and oxygen atoms in total. The van der Waals surface area contributed by atoms with Gasteiger partial charge in [0.25, 0.3) is 0 Å². The Balaban J connectivity index is 2.26. The van der Waals surface area contributed by atoms with Crippen molar-refractivity contribution in [2.24, 2.45) is 17.3 Å². The van der Waals surface area contributed by atoms with Crippen molar-refractivity contribution in [2.45, 2.75) is 138 Å². The molecule has 0 bridgehead atoms. The van der Waals surface area contributed by atoms with Crippen molar-refractivity contribution in [1.29, 1.82) is 0 Å². The normalized spacial score (nSPS) is 22.2. The lowest BCUT2D eigenvalue weighted by atomic mass is 9.84. The van der Waals surface area contributed by atoms with Gasteiger partial charge in [-0.1, -0.05) is 61.0 Å². The summed E-state index contributed by atoms with van der Waals surface area (Å²) in [6.45, 7) is 20.9. The molecule has 3 N–H and O–H groups in total. The number of hydrogen-bond donors (Lipinski definition) is 3. The summed E-state index contributed by atoms with van der Waals surface area (Å²) in [5, 5.41) is 15.7. The van der Waals surface area contributed by atoms with Crippen molar-refractivity contribution in [3.63, 3.8) is 0 Å². The Morgan fingerprint density at radius 3 is 2.00 bits per heavy atom. The molecule has 0 aromatic rings. The van der Waals surface area contributed by atoms with E-state index in [0.717, 1.165) is 32.2 Å². The minimum atomic E-state index is -0.742. The van der Waals surface area contributed by atoms with Crippen LogP contribution in [-0.2, 0) is 19.2 Å². The fourth-order valence-corrected chi connectivity index (χ4v) is 6.38. The third-order valence-corrected chi connectivity index (χ3v) is 9.29. The fourth-order valence-electron chi connectivity index (χ4n) is 6.38. The van der Waals surface area contributed by atoms with E-state index in [9.17, 15) is 24.3 Å². The van der Waals surface area contributed by atoms with Gasteiger partial charge in [0.05, 0.1) is 24.7 Å². The summed E-state index contributed by atoms with van der Waals surface area (Å²) < 4.78 is 0. The summed E-state index contributed by atoms with van der Waals surface area (Å²) in [4.78, 5) is 59.9. The van der Waals surface area contributed by atoms with E-state index < -0.39 is 23.5 Å². The smallest absolute Gasteiger partial charge is 0.249 e. The summed E-state index contributed by atoms with van der Waals surface area (Å²) >= 11 is 0. The first kappa shape index (κ1) is 37.7. The summed E-state index contributed by atoms with van der Waals surface area (Å²) in [6.07, 6.45) is 5.94. The van der Waals surface area contributed by atoms with Gasteiger partial charge in [0.15, 0.2) is 0 Å². The number of rotatable bonds is 12. The Hall–Kier alpha value is -2.46. The van der Waals surface area contributed by atoms with Crippen molar-refractivity contribution in [2.75, 3.05) is 26.7 Å². The van der Waals surface area contributed by atoms with Crippen LogP contribution in [0.1, 0.15) is 101 Å². The van der Waals surface area contributed by atoms with E-state index in [4.69, 9.17) is 0 Å². The molecular weight excluding hydrogens is 558 g/mol. The van der Waals surface area contributed by atoms with Gasteiger partial charge in [-0.05, 0) is 70.3 Å². The Morgan fingerprint density at radius 2 is 1.48 bits per heavy atom. The molecule has 0 aliphatic carbocycles. The standard InChI is InChI=1S/C34H61N5O5/c1-21(2)25(20-40)35-30(41)27-16-14-18-39(27)32(43)24(7)19-28(22(3)4)37(11)33(44)29(34(8,9)10)36-31(42)26-15-12-13-17-38(26)23(5)6/h19,21-23,25-29,40H,12-18,20H2,1-11H3,(H,35,41)(H,36,42)/b24-19+/t25-,26+,27-,28+,29+/m0/s1. The van der Waals surface area contributed by atoms with Crippen LogP contribution in [0.25, 0.3) is 0 Å². The zero-order chi connectivity index (χ0) is 33.5. The van der Waals surface area contributed by atoms with Gasteiger partial charge < -0.3 is 25.5 Å². The highest BCUT2D eigenvalue weighted by molar-refractivity contribution is 5.97. The molecule has 44 heavy (non-hydrogen) atoms. The van der Waals surface area contributed by atoms with Gasteiger partial charge in [-0.25, -0.2) is 0 Å². The van der Waals surface area contributed by atoms with Gasteiger partial charge in [0.2, 0.25) is 23.6 Å². The molecule has 0 unspecified atom stereocenters. The predicted octanol–water partition coefficient (Wildman–Crippen LogP) is 3.33. The molecule has 2 aliphatic rings. The lowest BCUT2D eigenvalue weighted by molar-refractivity contribution is -0.142. The van der Waals surface area contributed by atoms with Gasteiger partial charge in [0, 0.05) is 25.2 Å². The highest BCUT2D eigenvalue weighted by Crippen LogP contribution is 2.27. The summed E-state index contributed by atoms with van der Waals surface area (Å²) in [5.41, 5.74) is -0.0655. The number of piperidine rings is 1.